The quantitative estimate of drug-likeness (QED) is 0.604. The molecule has 0 aliphatic heterocycles. The van der Waals surface area contributed by atoms with Gasteiger partial charge in [-0.2, -0.15) is 0 Å². The van der Waals surface area contributed by atoms with Gasteiger partial charge in [-0.1, -0.05) is 64.1 Å². The summed E-state index contributed by atoms with van der Waals surface area (Å²) in [6.45, 7) is 0. The fourth-order valence-electron chi connectivity index (χ4n) is 2.65. The highest BCUT2D eigenvalue weighted by molar-refractivity contribution is 6.53. The Balaban J connectivity index is 2.01. The predicted molar refractivity (Wildman–Crippen MR) is 98.9 cm³/mol. The van der Waals surface area contributed by atoms with E-state index in [1.807, 2.05) is 5.32 Å². The molecule has 0 spiro atoms. The standard InChI is InChI=1S/C16H8Cl5NO3/c17-6-1-2-8-9(3-6)13(25-16(24)22-15(23)14(20)21)10-4-7(18)5-11(19)12(8)10/h1-5,13-14H,(H,22,23,24)/t13-/m1/s1. The molecule has 0 saturated heterocycles. The number of ether oxygens (including phenoxy) is 1. The molecule has 4 nitrogen and oxygen atoms in total. The molecule has 0 unspecified atom stereocenters. The number of fused-ring (bicyclic) bond motifs is 3. The maximum atomic E-state index is 12.0. The van der Waals surface area contributed by atoms with Crippen molar-refractivity contribution in [1.29, 1.82) is 0 Å². The molecule has 0 radical (unpaired) electrons. The molecule has 0 bridgehead atoms. The molecule has 0 fully saturated rings. The summed E-state index contributed by atoms with van der Waals surface area (Å²) in [6, 6.07) is 8.37. The highest BCUT2D eigenvalue weighted by Crippen LogP contribution is 2.50. The molecular formula is C16H8Cl5NO3. The van der Waals surface area contributed by atoms with E-state index in [1.54, 1.807) is 30.3 Å². The number of carbonyl (C=O) groups is 2. The third-order valence-corrected chi connectivity index (χ3v) is 4.73. The Bertz CT molecular complexity index is 884. The molecule has 1 N–H and O–H groups in total. The van der Waals surface area contributed by atoms with Crippen LogP contribution in [0.1, 0.15) is 17.2 Å². The van der Waals surface area contributed by atoms with Crippen LogP contribution >= 0.6 is 58.0 Å². The highest BCUT2D eigenvalue weighted by atomic mass is 35.5. The van der Waals surface area contributed by atoms with Gasteiger partial charge in [0.05, 0.1) is 5.02 Å². The lowest BCUT2D eigenvalue weighted by Crippen LogP contribution is -2.35. The van der Waals surface area contributed by atoms with Crippen LogP contribution in [0.3, 0.4) is 0 Å². The number of hydrogen-bond donors (Lipinski definition) is 1. The van der Waals surface area contributed by atoms with Crippen molar-refractivity contribution in [2.45, 2.75) is 10.9 Å². The molecule has 130 valence electrons. The molecule has 25 heavy (non-hydrogen) atoms. The minimum atomic E-state index is -1.39. The van der Waals surface area contributed by atoms with E-state index in [4.69, 9.17) is 62.7 Å². The van der Waals surface area contributed by atoms with Crippen LogP contribution < -0.4 is 5.32 Å². The summed E-state index contributed by atoms with van der Waals surface area (Å²) in [4.78, 5) is 22.1. The van der Waals surface area contributed by atoms with Gasteiger partial charge in [0, 0.05) is 26.7 Å². The Hall–Kier alpha value is -1.17. The largest absolute Gasteiger partial charge is 0.436 e. The van der Waals surface area contributed by atoms with Crippen LogP contribution in [0.5, 0.6) is 0 Å². The van der Waals surface area contributed by atoms with Gasteiger partial charge in [-0.15, -0.1) is 0 Å². The molecule has 1 atom stereocenters. The lowest BCUT2D eigenvalue weighted by molar-refractivity contribution is -0.118. The van der Waals surface area contributed by atoms with Gasteiger partial charge in [-0.25, -0.2) is 4.79 Å². The number of alkyl carbamates (subject to hydrolysis) is 1. The van der Waals surface area contributed by atoms with Gasteiger partial charge >= 0.3 is 6.09 Å². The van der Waals surface area contributed by atoms with Gasteiger partial charge in [0.25, 0.3) is 5.91 Å². The third kappa shape index (κ3) is 3.69. The Morgan fingerprint density at radius 3 is 2.36 bits per heavy atom. The maximum Gasteiger partial charge on any atom is 0.414 e. The number of nitrogens with one attached hydrogen (secondary N) is 1. The van der Waals surface area contributed by atoms with E-state index in [9.17, 15) is 9.59 Å². The molecule has 1 aliphatic carbocycles. The topological polar surface area (TPSA) is 55.4 Å². The average Bonchev–Trinajstić information content (AvgIpc) is 2.80. The molecule has 2 aromatic rings. The number of hydrogen-bond acceptors (Lipinski definition) is 3. The van der Waals surface area contributed by atoms with Crippen molar-refractivity contribution in [2.75, 3.05) is 0 Å². The molecule has 0 heterocycles. The second-order valence-corrected chi connectivity index (χ2v) is 7.54. The molecule has 0 aromatic heterocycles. The zero-order valence-corrected chi connectivity index (χ0v) is 15.9. The second-order valence-electron chi connectivity index (χ2n) is 5.16. The number of carbonyl (C=O) groups excluding carboxylic acids is 2. The van der Waals surface area contributed by atoms with Crippen molar-refractivity contribution < 1.29 is 14.3 Å². The lowest BCUT2D eigenvalue weighted by Gasteiger charge is -2.16. The van der Waals surface area contributed by atoms with Crippen molar-refractivity contribution in [3.8, 4) is 11.1 Å². The van der Waals surface area contributed by atoms with Crippen LogP contribution in [0.4, 0.5) is 4.79 Å². The molecule has 2 aromatic carbocycles. The third-order valence-electron chi connectivity index (χ3n) is 3.58. The van der Waals surface area contributed by atoms with E-state index in [0.29, 0.717) is 31.8 Å². The van der Waals surface area contributed by atoms with Crippen molar-refractivity contribution in [3.63, 3.8) is 0 Å². The second kappa shape index (κ2) is 7.22. The van der Waals surface area contributed by atoms with Gasteiger partial charge in [0.1, 0.15) is 0 Å². The molecule has 1 aliphatic rings. The van der Waals surface area contributed by atoms with Crippen molar-refractivity contribution in [1.82, 2.24) is 5.32 Å². The molecule has 0 saturated carbocycles. The Kier molecular flexibility index (Phi) is 5.37. The smallest absolute Gasteiger partial charge is 0.414 e. The first-order valence-corrected chi connectivity index (χ1v) is 8.87. The first-order chi connectivity index (χ1) is 11.8. The summed E-state index contributed by atoms with van der Waals surface area (Å²) in [5.74, 6) is -0.887. The van der Waals surface area contributed by atoms with E-state index in [2.05, 4.69) is 0 Å². The summed E-state index contributed by atoms with van der Waals surface area (Å²) in [7, 11) is 0. The van der Waals surface area contributed by atoms with E-state index in [0.717, 1.165) is 5.56 Å². The fraction of sp³-hybridized carbons (Fsp3) is 0.125. The van der Waals surface area contributed by atoms with E-state index >= 15 is 0 Å². The first kappa shape index (κ1) is 18.6. The van der Waals surface area contributed by atoms with E-state index in [1.165, 1.54) is 0 Å². The summed E-state index contributed by atoms with van der Waals surface area (Å²) >= 11 is 29.3. The van der Waals surface area contributed by atoms with Crippen LogP contribution in [0, 0.1) is 0 Å². The van der Waals surface area contributed by atoms with Crippen molar-refractivity contribution >= 4 is 70.0 Å². The van der Waals surface area contributed by atoms with Gasteiger partial charge in [-0.3, -0.25) is 10.1 Å². The number of rotatable bonds is 2. The van der Waals surface area contributed by atoms with Crippen LogP contribution in [0.15, 0.2) is 30.3 Å². The van der Waals surface area contributed by atoms with E-state index < -0.39 is 22.9 Å². The zero-order chi connectivity index (χ0) is 18.3. The van der Waals surface area contributed by atoms with Crippen molar-refractivity contribution in [2.24, 2.45) is 0 Å². The van der Waals surface area contributed by atoms with Crippen LogP contribution in [-0.4, -0.2) is 16.8 Å². The lowest BCUT2D eigenvalue weighted by atomic mass is 10.1. The summed E-state index contributed by atoms with van der Waals surface area (Å²) in [5.41, 5.74) is 2.67. The number of imide groups is 1. The zero-order valence-electron chi connectivity index (χ0n) is 12.2. The summed E-state index contributed by atoms with van der Waals surface area (Å²) in [6.07, 6.45) is -1.84. The SMILES string of the molecule is O=C(NC(=O)C(Cl)Cl)O[C@@H]1c2cc(Cl)ccc2-c2c(Cl)cc(Cl)cc21. The number of amides is 2. The average molecular weight is 440 g/mol. The van der Waals surface area contributed by atoms with E-state index in [-0.39, 0.29) is 0 Å². The maximum absolute atomic E-state index is 12.0. The highest BCUT2D eigenvalue weighted by Gasteiger charge is 2.34. The van der Waals surface area contributed by atoms with Gasteiger partial charge in [-0.05, 0) is 29.8 Å². The Morgan fingerprint density at radius 1 is 1.00 bits per heavy atom. The molecular weight excluding hydrogens is 431 g/mol. The van der Waals surface area contributed by atoms with Gasteiger partial charge in [0.2, 0.25) is 0 Å². The van der Waals surface area contributed by atoms with Crippen LogP contribution in [0.25, 0.3) is 11.1 Å². The fourth-order valence-corrected chi connectivity index (χ4v) is 3.55. The summed E-state index contributed by atoms with van der Waals surface area (Å²) < 4.78 is 5.39. The minimum absolute atomic E-state index is 0.384. The Labute approximate surface area is 167 Å². The predicted octanol–water partition coefficient (Wildman–Crippen LogP) is 5.77. The van der Waals surface area contributed by atoms with Crippen LogP contribution in [-0.2, 0) is 9.53 Å². The first-order valence-electron chi connectivity index (χ1n) is 6.86. The van der Waals surface area contributed by atoms with Crippen molar-refractivity contribution in [3.05, 3.63) is 56.5 Å². The summed E-state index contributed by atoms with van der Waals surface area (Å²) in [5, 5.41) is 3.20. The van der Waals surface area contributed by atoms with Crippen LogP contribution in [0.2, 0.25) is 15.1 Å². The molecule has 3 rings (SSSR count). The van der Waals surface area contributed by atoms with Gasteiger partial charge in [0.15, 0.2) is 10.9 Å². The molecule has 9 heteroatoms. The monoisotopic (exact) mass is 437 g/mol. The Morgan fingerprint density at radius 2 is 1.68 bits per heavy atom. The number of benzene rings is 2. The van der Waals surface area contributed by atoms with Gasteiger partial charge < -0.3 is 4.74 Å². The minimum Gasteiger partial charge on any atom is -0.436 e. The normalized spacial score (nSPS) is 14.9. The number of alkyl halides is 2. The number of halogens is 5. The molecule has 2 amide bonds.